The Kier molecular flexibility index (Phi) is 4.10. The third-order valence-corrected chi connectivity index (χ3v) is 2.78. The number of rotatable bonds is 5. The summed E-state index contributed by atoms with van der Waals surface area (Å²) in [4.78, 5) is 10.5. The Morgan fingerprint density at radius 1 is 1.16 bits per heavy atom. The van der Waals surface area contributed by atoms with Crippen molar-refractivity contribution >= 4 is 11.4 Å². The normalized spacial score (nSPS) is 10.2. The fraction of sp³-hybridized carbons (Fsp3) is 0.143. The lowest BCUT2D eigenvalue weighted by Gasteiger charge is -2.08. The number of nitrogens with zero attached hydrogens (tertiary/aromatic N) is 1. The number of para-hydroxylation sites is 1. The van der Waals surface area contributed by atoms with Gasteiger partial charge in [-0.3, -0.25) is 10.1 Å². The molecule has 0 fully saturated rings. The van der Waals surface area contributed by atoms with E-state index in [0.29, 0.717) is 12.1 Å². The molecule has 98 valence electrons. The van der Waals surface area contributed by atoms with Gasteiger partial charge in [-0.1, -0.05) is 30.3 Å². The molecule has 0 aliphatic carbocycles. The standard InChI is InChI=1S/C14H14N2O3/c17-10-11-4-3-6-13(8-11)15-9-12-5-1-2-7-14(12)16(18)19/h1-8,15,17H,9-10H2. The second-order valence-corrected chi connectivity index (χ2v) is 4.10. The molecule has 0 bridgehead atoms. The SMILES string of the molecule is O=[N+]([O-])c1ccccc1CNc1cccc(CO)c1. The average molecular weight is 258 g/mol. The maximum absolute atomic E-state index is 10.9. The zero-order valence-corrected chi connectivity index (χ0v) is 10.2. The summed E-state index contributed by atoms with van der Waals surface area (Å²) in [6, 6.07) is 13.9. The summed E-state index contributed by atoms with van der Waals surface area (Å²) >= 11 is 0. The Hall–Kier alpha value is -2.40. The van der Waals surface area contributed by atoms with E-state index >= 15 is 0 Å². The molecule has 2 aromatic carbocycles. The van der Waals surface area contributed by atoms with E-state index < -0.39 is 0 Å². The van der Waals surface area contributed by atoms with E-state index in [1.165, 1.54) is 6.07 Å². The number of hydrogen-bond acceptors (Lipinski definition) is 4. The number of aliphatic hydroxyl groups excluding tert-OH is 1. The van der Waals surface area contributed by atoms with Gasteiger partial charge in [-0.25, -0.2) is 0 Å². The smallest absolute Gasteiger partial charge is 0.274 e. The topological polar surface area (TPSA) is 75.4 Å². The molecule has 2 N–H and O–H groups in total. The summed E-state index contributed by atoms with van der Waals surface area (Å²) in [7, 11) is 0. The molecule has 0 radical (unpaired) electrons. The molecule has 0 aromatic heterocycles. The number of aliphatic hydroxyl groups is 1. The van der Waals surface area contributed by atoms with Gasteiger partial charge in [-0.2, -0.15) is 0 Å². The molecular formula is C14H14N2O3. The highest BCUT2D eigenvalue weighted by molar-refractivity contribution is 5.48. The predicted octanol–water partition coefficient (Wildman–Crippen LogP) is 2.70. The van der Waals surface area contributed by atoms with Gasteiger partial charge in [-0.15, -0.1) is 0 Å². The van der Waals surface area contributed by atoms with Crippen LogP contribution in [0.1, 0.15) is 11.1 Å². The molecule has 0 spiro atoms. The lowest BCUT2D eigenvalue weighted by molar-refractivity contribution is -0.385. The Balaban J connectivity index is 2.12. The Morgan fingerprint density at radius 3 is 2.68 bits per heavy atom. The van der Waals surface area contributed by atoms with Gasteiger partial charge < -0.3 is 10.4 Å². The van der Waals surface area contributed by atoms with Crippen LogP contribution in [0.25, 0.3) is 0 Å². The van der Waals surface area contributed by atoms with Gasteiger partial charge >= 0.3 is 0 Å². The second-order valence-electron chi connectivity index (χ2n) is 4.10. The Morgan fingerprint density at radius 2 is 1.95 bits per heavy atom. The van der Waals surface area contributed by atoms with Gasteiger partial charge in [0, 0.05) is 23.9 Å². The minimum atomic E-state index is -0.388. The molecular weight excluding hydrogens is 244 g/mol. The molecule has 2 rings (SSSR count). The highest BCUT2D eigenvalue weighted by Gasteiger charge is 2.11. The van der Waals surface area contributed by atoms with Crippen LogP contribution in [0.5, 0.6) is 0 Å². The maximum Gasteiger partial charge on any atom is 0.274 e. The van der Waals surface area contributed by atoms with E-state index in [1.54, 1.807) is 18.2 Å². The molecule has 0 aliphatic heterocycles. The molecule has 0 unspecified atom stereocenters. The van der Waals surface area contributed by atoms with Crippen LogP contribution in [-0.4, -0.2) is 10.0 Å². The summed E-state index contributed by atoms with van der Waals surface area (Å²) in [5, 5.41) is 23.0. The third-order valence-electron chi connectivity index (χ3n) is 2.78. The molecule has 0 amide bonds. The monoisotopic (exact) mass is 258 g/mol. The van der Waals surface area contributed by atoms with Gasteiger partial charge in [0.25, 0.3) is 5.69 Å². The van der Waals surface area contributed by atoms with Crippen molar-refractivity contribution in [3.63, 3.8) is 0 Å². The van der Waals surface area contributed by atoms with Crippen LogP contribution < -0.4 is 5.32 Å². The minimum absolute atomic E-state index is 0.0268. The Bertz CT molecular complexity index is 584. The largest absolute Gasteiger partial charge is 0.392 e. The lowest BCUT2D eigenvalue weighted by atomic mass is 10.1. The molecule has 0 atom stereocenters. The molecule has 19 heavy (non-hydrogen) atoms. The fourth-order valence-corrected chi connectivity index (χ4v) is 1.82. The highest BCUT2D eigenvalue weighted by Crippen LogP contribution is 2.19. The van der Waals surface area contributed by atoms with Crippen molar-refractivity contribution in [2.75, 3.05) is 5.32 Å². The molecule has 2 aromatic rings. The van der Waals surface area contributed by atoms with Crippen LogP contribution in [-0.2, 0) is 13.2 Å². The molecule has 0 saturated carbocycles. The number of nitrogens with one attached hydrogen (secondary N) is 1. The van der Waals surface area contributed by atoms with Crippen LogP contribution in [0.2, 0.25) is 0 Å². The molecule has 5 heteroatoms. The van der Waals surface area contributed by atoms with Gasteiger partial charge in [0.05, 0.1) is 11.5 Å². The van der Waals surface area contributed by atoms with E-state index in [-0.39, 0.29) is 17.2 Å². The van der Waals surface area contributed by atoms with Crippen LogP contribution in [0.15, 0.2) is 48.5 Å². The van der Waals surface area contributed by atoms with Crippen molar-refractivity contribution in [2.24, 2.45) is 0 Å². The summed E-state index contributed by atoms with van der Waals surface area (Å²) in [5.41, 5.74) is 2.35. The molecule has 5 nitrogen and oxygen atoms in total. The molecule has 0 aliphatic rings. The first-order valence-corrected chi connectivity index (χ1v) is 5.86. The zero-order valence-electron chi connectivity index (χ0n) is 10.2. The summed E-state index contributed by atoms with van der Waals surface area (Å²) in [6.45, 7) is 0.340. The van der Waals surface area contributed by atoms with Crippen molar-refractivity contribution in [2.45, 2.75) is 13.2 Å². The van der Waals surface area contributed by atoms with Crippen molar-refractivity contribution in [3.05, 3.63) is 69.8 Å². The van der Waals surface area contributed by atoms with E-state index in [4.69, 9.17) is 5.11 Å². The summed E-state index contributed by atoms with van der Waals surface area (Å²) in [5.74, 6) is 0. The van der Waals surface area contributed by atoms with Crippen LogP contribution in [0.3, 0.4) is 0 Å². The summed E-state index contributed by atoms with van der Waals surface area (Å²) < 4.78 is 0. The van der Waals surface area contributed by atoms with Crippen molar-refractivity contribution in [1.29, 1.82) is 0 Å². The van der Waals surface area contributed by atoms with E-state index in [9.17, 15) is 10.1 Å². The molecule has 0 saturated heterocycles. The number of nitro groups is 1. The minimum Gasteiger partial charge on any atom is -0.392 e. The fourth-order valence-electron chi connectivity index (χ4n) is 1.82. The third kappa shape index (κ3) is 3.29. The van der Waals surface area contributed by atoms with Crippen molar-refractivity contribution in [1.82, 2.24) is 0 Å². The molecule has 0 heterocycles. The number of anilines is 1. The van der Waals surface area contributed by atoms with Gasteiger partial charge in [0.2, 0.25) is 0 Å². The van der Waals surface area contributed by atoms with Crippen LogP contribution >= 0.6 is 0 Å². The van der Waals surface area contributed by atoms with Crippen molar-refractivity contribution in [3.8, 4) is 0 Å². The number of benzene rings is 2. The maximum atomic E-state index is 10.9. The van der Waals surface area contributed by atoms with Gasteiger partial charge in [-0.05, 0) is 17.7 Å². The average Bonchev–Trinajstić information content (AvgIpc) is 2.45. The first kappa shape index (κ1) is 13.0. The predicted molar refractivity (Wildman–Crippen MR) is 72.8 cm³/mol. The lowest BCUT2D eigenvalue weighted by Crippen LogP contribution is -2.03. The quantitative estimate of drug-likeness (QED) is 0.638. The van der Waals surface area contributed by atoms with E-state index in [2.05, 4.69) is 5.32 Å². The van der Waals surface area contributed by atoms with E-state index in [1.807, 2.05) is 24.3 Å². The first-order valence-electron chi connectivity index (χ1n) is 5.86. The number of hydrogen-bond donors (Lipinski definition) is 2. The van der Waals surface area contributed by atoms with Gasteiger partial charge in [0.1, 0.15) is 0 Å². The Labute approximate surface area is 110 Å². The van der Waals surface area contributed by atoms with Crippen LogP contribution in [0, 0.1) is 10.1 Å². The van der Waals surface area contributed by atoms with E-state index in [0.717, 1.165) is 11.3 Å². The van der Waals surface area contributed by atoms with Crippen molar-refractivity contribution < 1.29 is 10.0 Å². The van der Waals surface area contributed by atoms with Crippen LogP contribution in [0.4, 0.5) is 11.4 Å². The summed E-state index contributed by atoms with van der Waals surface area (Å²) in [6.07, 6.45) is 0. The highest BCUT2D eigenvalue weighted by atomic mass is 16.6. The van der Waals surface area contributed by atoms with Gasteiger partial charge in [0.15, 0.2) is 0 Å². The zero-order chi connectivity index (χ0) is 13.7. The second kappa shape index (κ2) is 5.97. The first-order chi connectivity index (χ1) is 9.20. The number of nitro benzene ring substituents is 1.